The van der Waals surface area contributed by atoms with Crippen molar-refractivity contribution in [3.05, 3.63) is 48.2 Å². The predicted molar refractivity (Wildman–Crippen MR) is 101 cm³/mol. The van der Waals surface area contributed by atoms with E-state index in [4.69, 9.17) is 14.2 Å². The molecule has 2 amide bonds. The van der Waals surface area contributed by atoms with E-state index < -0.39 is 26.9 Å². The fourth-order valence-electron chi connectivity index (χ4n) is 2.04. The van der Waals surface area contributed by atoms with Crippen molar-refractivity contribution in [2.24, 2.45) is 0 Å². The molecule has 154 valence electrons. The number of methoxy groups -OCH3 is 2. The van der Waals surface area contributed by atoms with Crippen LogP contribution < -0.4 is 19.5 Å². The van der Waals surface area contributed by atoms with Crippen molar-refractivity contribution in [3.8, 4) is 11.8 Å². The summed E-state index contributed by atoms with van der Waals surface area (Å²) in [7, 11) is -1.72. The number of rotatable bonds is 7. The Balaban J connectivity index is 2.24. The third-order valence-electron chi connectivity index (χ3n) is 3.26. The van der Waals surface area contributed by atoms with Gasteiger partial charge in [0.1, 0.15) is 4.90 Å². The highest BCUT2D eigenvalue weighted by Crippen LogP contribution is 2.19. The molecule has 0 saturated heterocycles. The van der Waals surface area contributed by atoms with Gasteiger partial charge in [-0.3, -0.25) is 5.32 Å². The first-order valence-electron chi connectivity index (χ1n) is 8.02. The molecule has 1 heterocycles. The average Bonchev–Trinajstić information content (AvgIpc) is 2.71. The number of nitrogens with one attached hydrogen (secondary N) is 2. The van der Waals surface area contributed by atoms with Crippen LogP contribution in [0.4, 0.5) is 10.7 Å². The standard InChI is InChI=1S/C17H18N4O7S/c1-4-9-28-15(22)11-7-5-6-8-12(11)29(24,25)21-17(23)20-16-18-13(26-2)10-14(19-16)27-3/h4-10H,1-3H3,(H2,18,19,20,21,23)/b9-4-. The number of sulfonamides is 1. The first-order valence-corrected chi connectivity index (χ1v) is 9.51. The van der Waals surface area contributed by atoms with Crippen molar-refractivity contribution >= 4 is 28.0 Å². The lowest BCUT2D eigenvalue weighted by molar-refractivity contribution is 0.0658. The monoisotopic (exact) mass is 422 g/mol. The Bertz CT molecular complexity index is 1020. The lowest BCUT2D eigenvalue weighted by Gasteiger charge is -2.11. The Morgan fingerprint density at radius 3 is 2.28 bits per heavy atom. The number of amides is 2. The van der Waals surface area contributed by atoms with Crippen LogP contribution >= 0.6 is 0 Å². The molecule has 2 rings (SSSR count). The van der Waals surface area contributed by atoms with Crippen LogP contribution in [-0.2, 0) is 14.8 Å². The summed E-state index contributed by atoms with van der Waals surface area (Å²) in [5, 5.41) is 2.16. The molecule has 12 heteroatoms. The molecule has 0 radical (unpaired) electrons. The van der Waals surface area contributed by atoms with Crippen LogP contribution in [0, 0.1) is 0 Å². The number of esters is 1. The van der Waals surface area contributed by atoms with Crippen LogP contribution in [0.3, 0.4) is 0 Å². The average molecular weight is 422 g/mol. The topological polar surface area (TPSA) is 146 Å². The number of hydrogen-bond acceptors (Lipinski definition) is 9. The molecule has 0 atom stereocenters. The lowest BCUT2D eigenvalue weighted by atomic mass is 10.2. The quantitative estimate of drug-likeness (QED) is 0.503. The van der Waals surface area contributed by atoms with E-state index in [0.717, 1.165) is 12.3 Å². The van der Waals surface area contributed by atoms with E-state index in [1.807, 2.05) is 0 Å². The van der Waals surface area contributed by atoms with Gasteiger partial charge in [-0.15, -0.1) is 0 Å². The van der Waals surface area contributed by atoms with E-state index in [1.165, 1.54) is 44.6 Å². The van der Waals surface area contributed by atoms with Crippen LogP contribution in [0.5, 0.6) is 11.8 Å². The van der Waals surface area contributed by atoms with Gasteiger partial charge >= 0.3 is 12.0 Å². The number of ether oxygens (including phenoxy) is 3. The van der Waals surface area contributed by atoms with Crippen LogP contribution in [-0.4, -0.2) is 44.6 Å². The Hall–Kier alpha value is -3.67. The molecule has 0 aliphatic heterocycles. The first-order chi connectivity index (χ1) is 13.8. The Kier molecular flexibility index (Phi) is 7.09. The second-order valence-corrected chi connectivity index (χ2v) is 6.86. The zero-order valence-corrected chi connectivity index (χ0v) is 16.5. The Labute approximate surface area is 166 Å². The fourth-order valence-corrected chi connectivity index (χ4v) is 3.14. The van der Waals surface area contributed by atoms with Crippen molar-refractivity contribution in [3.63, 3.8) is 0 Å². The number of carbonyl (C=O) groups excluding carboxylic acids is 2. The SMILES string of the molecule is C/C=C\OC(=O)c1ccccc1S(=O)(=O)NC(=O)Nc1nc(OC)cc(OC)n1. The summed E-state index contributed by atoms with van der Waals surface area (Å²) < 4.78 is 41.7. The summed E-state index contributed by atoms with van der Waals surface area (Å²) in [6, 6.07) is 5.49. The van der Waals surface area contributed by atoms with E-state index in [1.54, 1.807) is 11.6 Å². The van der Waals surface area contributed by atoms with Gasteiger partial charge in [0.15, 0.2) is 0 Å². The van der Waals surface area contributed by atoms with Gasteiger partial charge in [0, 0.05) is 0 Å². The summed E-state index contributed by atoms with van der Waals surface area (Å²) in [5.41, 5.74) is -0.245. The van der Waals surface area contributed by atoms with Crippen LogP contribution in [0.2, 0.25) is 0 Å². The molecular formula is C17H18N4O7S. The molecule has 1 aromatic heterocycles. The molecule has 0 aliphatic rings. The highest BCUT2D eigenvalue weighted by molar-refractivity contribution is 7.90. The van der Waals surface area contributed by atoms with Gasteiger partial charge < -0.3 is 14.2 Å². The minimum atomic E-state index is -4.42. The third kappa shape index (κ3) is 5.65. The summed E-state index contributed by atoms with van der Waals surface area (Å²) in [5.74, 6) is -0.973. The highest BCUT2D eigenvalue weighted by atomic mass is 32.2. The van der Waals surface area contributed by atoms with E-state index in [-0.39, 0.29) is 23.3 Å². The number of urea groups is 1. The molecule has 0 spiro atoms. The Morgan fingerprint density at radius 1 is 1.07 bits per heavy atom. The van der Waals surface area contributed by atoms with E-state index in [9.17, 15) is 18.0 Å². The fraction of sp³-hybridized carbons (Fsp3) is 0.176. The zero-order chi connectivity index (χ0) is 21.4. The first kappa shape index (κ1) is 21.6. The van der Waals surface area contributed by atoms with Crippen molar-refractivity contribution < 1.29 is 32.2 Å². The van der Waals surface area contributed by atoms with Gasteiger partial charge in [0.2, 0.25) is 17.7 Å². The molecule has 11 nitrogen and oxygen atoms in total. The van der Waals surface area contributed by atoms with Gasteiger partial charge in [0.05, 0.1) is 32.1 Å². The number of anilines is 1. The number of benzene rings is 1. The van der Waals surface area contributed by atoms with Crippen molar-refractivity contribution in [2.45, 2.75) is 11.8 Å². The van der Waals surface area contributed by atoms with E-state index in [0.29, 0.717) is 0 Å². The van der Waals surface area contributed by atoms with Gasteiger partial charge in [-0.1, -0.05) is 18.2 Å². The molecule has 0 unspecified atom stereocenters. The normalized spacial score (nSPS) is 11.0. The molecule has 1 aromatic carbocycles. The molecule has 0 fully saturated rings. The maximum Gasteiger partial charge on any atom is 0.344 e. The molecule has 2 aromatic rings. The summed E-state index contributed by atoms with van der Waals surface area (Å²) in [6.07, 6.45) is 2.57. The summed E-state index contributed by atoms with van der Waals surface area (Å²) in [4.78, 5) is 31.5. The lowest BCUT2D eigenvalue weighted by Crippen LogP contribution is -2.35. The van der Waals surface area contributed by atoms with E-state index >= 15 is 0 Å². The summed E-state index contributed by atoms with van der Waals surface area (Å²) in [6.45, 7) is 1.62. The highest BCUT2D eigenvalue weighted by Gasteiger charge is 2.25. The minimum Gasteiger partial charge on any atom is -0.481 e. The van der Waals surface area contributed by atoms with E-state index in [2.05, 4.69) is 15.3 Å². The predicted octanol–water partition coefficient (Wildman–Crippen LogP) is 1.69. The second kappa shape index (κ2) is 9.50. The molecule has 29 heavy (non-hydrogen) atoms. The smallest absolute Gasteiger partial charge is 0.344 e. The number of nitrogens with zero attached hydrogens (tertiary/aromatic N) is 2. The van der Waals surface area contributed by atoms with Gasteiger partial charge in [-0.25, -0.2) is 22.7 Å². The van der Waals surface area contributed by atoms with Crippen molar-refractivity contribution in [1.82, 2.24) is 14.7 Å². The maximum atomic E-state index is 12.6. The van der Waals surface area contributed by atoms with Crippen LogP contribution in [0.1, 0.15) is 17.3 Å². The zero-order valence-electron chi connectivity index (χ0n) is 15.7. The number of allylic oxidation sites excluding steroid dienone is 1. The maximum absolute atomic E-state index is 12.6. The number of carbonyl (C=O) groups is 2. The Morgan fingerprint density at radius 2 is 1.69 bits per heavy atom. The van der Waals surface area contributed by atoms with Gasteiger partial charge in [-0.05, 0) is 19.1 Å². The number of aromatic nitrogens is 2. The van der Waals surface area contributed by atoms with Crippen LogP contribution in [0.25, 0.3) is 0 Å². The van der Waals surface area contributed by atoms with Gasteiger partial charge in [0.25, 0.3) is 10.0 Å². The molecule has 0 saturated carbocycles. The second-order valence-electron chi connectivity index (χ2n) is 5.21. The minimum absolute atomic E-state index is 0.0899. The van der Waals surface area contributed by atoms with Crippen molar-refractivity contribution in [1.29, 1.82) is 0 Å². The van der Waals surface area contributed by atoms with Crippen molar-refractivity contribution in [2.75, 3.05) is 19.5 Å². The number of hydrogen-bond donors (Lipinski definition) is 2. The molecule has 0 aliphatic carbocycles. The van der Waals surface area contributed by atoms with Gasteiger partial charge in [-0.2, -0.15) is 9.97 Å². The largest absolute Gasteiger partial charge is 0.481 e. The molecule has 2 N–H and O–H groups in total. The summed E-state index contributed by atoms with van der Waals surface area (Å²) >= 11 is 0. The third-order valence-corrected chi connectivity index (χ3v) is 4.65. The van der Waals surface area contributed by atoms with Crippen LogP contribution in [0.15, 0.2) is 47.6 Å². The molecular weight excluding hydrogens is 404 g/mol. The molecule has 0 bridgehead atoms.